The van der Waals surface area contributed by atoms with Crippen molar-refractivity contribution in [2.75, 3.05) is 52.5 Å². The summed E-state index contributed by atoms with van der Waals surface area (Å²) in [6.45, 7) is 13.2. The Balaban J connectivity index is 0.00000169. The van der Waals surface area contributed by atoms with Crippen LogP contribution >= 0.6 is 24.8 Å². The lowest BCUT2D eigenvalue weighted by atomic mass is 9.70. The highest BCUT2D eigenvalue weighted by Crippen LogP contribution is 2.66. The van der Waals surface area contributed by atoms with Gasteiger partial charge in [-0.3, -0.25) is 9.80 Å². The molecule has 0 aromatic carbocycles. The molecule has 156 valence electrons. The fourth-order valence-electron chi connectivity index (χ4n) is 5.30. The van der Waals surface area contributed by atoms with E-state index in [-0.39, 0.29) is 36.8 Å². The summed E-state index contributed by atoms with van der Waals surface area (Å²) in [6.07, 6.45) is 3.67. The van der Waals surface area contributed by atoms with Crippen LogP contribution in [0.3, 0.4) is 0 Å². The lowest BCUT2D eigenvalue weighted by Gasteiger charge is -2.39. The molecule has 0 spiro atoms. The van der Waals surface area contributed by atoms with Crippen LogP contribution in [0, 0.1) is 16.7 Å². The maximum atomic E-state index is 10.4. The van der Waals surface area contributed by atoms with E-state index in [1.807, 2.05) is 0 Å². The van der Waals surface area contributed by atoms with Crippen molar-refractivity contribution in [3.63, 3.8) is 0 Å². The first-order chi connectivity index (χ1) is 11.4. The molecule has 5 nitrogen and oxygen atoms in total. The smallest absolute Gasteiger partial charge is 0.0900 e. The third-order valence-corrected chi connectivity index (χ3v) is 7.55. The molecule has 2 aliphatic carbocycles. The molecule has 26 heavy (non-hydrogen) atoms. The number of β-amino-alcohol motifs (C(OH)–C–C–N with tert-alkyl or cyclic N) is 2. The summed E-state index contributed by atoms with van der Waals surface area (Å²) < 4.78 is 6.22. The van der Waals surface area contributed by atoms with Gasteiger partial charge >= 0.3 is 0 Å². The molecule has 0 aromatic rings. The quantitative estimate of drug-likeness (QED) is 0.669. The number of ether oxygens (including phenoxy) is 1. The van der Waals surface area contributed by atoms with Gasteiger partial charge < -0.3 is 14.9 Å². The molecule has 1 saturated heterocycles. The molecule has 3 fully saturated rings. The first-order valence-corrected chi connectivity index (χ1v) is 9.72. The molecule has 3 aliphatic rings. The summed E-state index contributed by atoms with van der Waals surface area (Å²) in [6, 6.07) is 0. The van der Waals surface area contributed by atoms with Crippen LogP contribution in [-0.4, -0.2) is 84.7 Å². The van der Waals surface area contributed by atoms with E-state index >= 15 is 0 Å². The Bertz CT molecular complexity index is 433. The molecular weight excluding hydrogens is 375 g/mol. The number of nitrogens with zero attached hydrogens (tertiary/aromatic N) is 2. The van der Waals surface area contributed by atoms with Gasteiger partial charge in [0.05, 0.1) is 25.4 Å². The SMILES string of the molecule is CC1(C)C2CCC1(C)C(OCC(O)CN1CCN(CCO)CC1)C2.Cl.Cl. The molecule has 2 saturated carbocycles. The largest absolute Gasteiger partial charge is 0.395 e. The van der Waals surface area contributed by atoms with Crippen molar-refractivity contribution in [3.8, 4) is 0 Å². The Morgan fingerprint density at radius 3 is 2.19 bits per heavy atom. The third-order valence-electron chi connectivity index (χ3n) is 7.55. The molecule has 1 aliphatic heterocycles. The zero-order chi connectivity index (χ0) is 17.4. The highest BCUT2D eigenvalue weighted by Gasteiger charge is 2.61. The maximum absolute atomic E-state index is 10.4. The maximum Gasteiger partial charge on any atom is 0.0900 e. The van der Waals surface area contributed by atoms with E-state index in [9.17, 15) is 5.11 Å². The van der Waals surface area contributed by atoms with E-state index < -0.39 is 6.10 Å². The Labute approximate surface area is 171 Å². The Morgan fingerprint density at radius 1 is 1.08 bits per heavy atom. The average molecular weight is 413 g/mol. The van der Waals surface area contributed by atoms with Gasteiger partial charge in [-0.25, -0.2) is 0 Å². The number of halogens is 2. The minimum atomic E-state index is -0.403. The van der Waals surface area contributed by atoms with Gasteiger partial charge in [0.15, 0.2) is 0 Å². The van der Waals surface area contributed by atoms with Crippen LogP contribution in [0.15, 0.2) is 0 Å². The summed E-state index contributed by atoms with van der Waals surface area (Å²) in [5, 5.41) is 19.4. The number of piperazine rings is 1. The zero-order valence-electron chi connectivity index (χ0n) is 16.5. The van der Waals surface area contributed by atoms with E-state index in [4.69, 9.17) is 9.84 Å². The lowest BCUT2D eigenvalue weighted by molar-refractivity contribution is -0.0807. The number of rotatable bonds is 7. The molecule has 4 unspecified atom stereocenters. The lowest BCUT2D eigenvalue weighted by Crippen LogP contribution is -2.49. The van der Waals surface area contributed by atoms with Gasteiger partial charge in [-0.2, -0.15) is 0 Å². The van der Waals surface area contributed by atoms with E-state index in [1.54, 1.807) is 0 Å². The number of hydrogen-bond acceptors (Lipinski definition) is 5. The molecule has 0 radical (unpaired) electrons. The molecule has 2 bridgehead atoms. The van der Waals surface area contributed by atoms with Crippen LogP contribution in [0.1, 0.15) is 40.0 Å². The fourth-order valence-corrected chi connectivity index (χ4v) is 5.30. The Morgan fingerprint density at radius 2 is 1.69 bits per heavy atom. The molecule has 3 rings (SSSR count). The summed E-state index contributed by atoms with van der Waals surface area (Å²) >= 11 is 0. The molecule has 4 atom stereocenters. The molecule has 0 amide bonds. The molecule has 1 heterocycles. The highest BCUT2D eigenvalue weighted by atomic mass is 35.5. The number of fused-ring (bicyclic) bond motifs is 2. The van der Waals surface area contributed by atoms with Crippen LogP contribution in [0.5, 0.6) is 0 Å². The normalized spacial score (nSPS) is 35.0. The predicted octanol–water partition coefficient (Wildman–Crippen LogP) is 2.03. The van der Waals surface area contributed by atoms with Crippen molar-refractivity contribution in [3.05, 3.63) is 0 Å². The first kappa shape index (κ1) is 24.4. The van der Waals surface area contributed by atoms with E-state index in [0.29, 0.717) is 24.7 Å². The summed E-state index contributed by atoms with van der Waals surface area (Å²) in [5.74, 6) is 0.782. The monoisotopic (exact) mass is 412 g/mol. The zero-order valence-corrected chi connectivity index (χ0v) is 18.2. The van der Waals surface area contributed by atoms with Gasteiger partial charge in [0, 0.05) is 39.3 Å². The van der Waals surface area contributed by atoms with Crippen molar-refractivity contribution < 1.29 is 14.9 Å². The second-order valence-corrected chi connectivity index (χ2v) is 8.95. The number of aliphatic hydroxyl groups excluding tert-OH is 2. The van der Waals surface area contributed by atoms with E-state index in [2.05, 4.69) is 30.6 Å². The predicted molar refractivity (Wildman–Crippen MR) is 109 cm³/mol. The number of hydrogen-bond donors (Lipinski definition) is 2. The molecule has 0 aromatic heterocycles. The Kier molecular flexibility index (Phi) is 9.14. The van der Waals surface area contributed by atoms with Crippen molar-refractivity contribution >= 4 is 24.8 Å². The van der Waals surface area contributed by atoms with Gasteiger partial charge in [-0.05, 0) is 36.0 Å². The molecule has 2 N–H and O–H groups in total. The molecular formula is C19H38Cl2N2O3. The summed E-state index contributed by atoms with van der Waals surface area (Å²) in [5.41, 5.74) is 0.638. The average Bonchev–Trinajstić information content (AvgIpc) is 2.88. The number of aliphatic hydroxyl groups is 2. The Hall–Kier alpha value is 0.380. The molecule has 7 heteroatoms. The van der Waals surface area contributed by atoms with Crippen LogP contribution < -0.4 is 0 Å². The van der Waals surface area contributed by atoms with Crippen molar-refractivity contribution in [1.82, 2.24) is 9.80 Å². The summed E-state index contributed by atoms with van der Waals surface area (Å²) in [7, 11) is 0. The van der Waals surface area contributed by atoms with Crippen molar-refractivity contribution in [2.24, 2.45) is 16.7 Å². The van der Waals surface area contributed by atoms with Crippen molar-refractivity contribution in [1.29, 1.82) is 0 Å². The van der Waals surface area contributed by atoms with E-state index in [0.717, 1.165) is 45.1 Å². The standard InChI is InChI=1S/C19H36N2O3.2ClH/c1-18(2)15-4-5-19(18,3)17(12-15)24-14-16(23)13-21-8-6-20(7-9-21)10-11-22;;/h15-17,22-23H,4-14H2,1-3H3;2*1H. The van der Waals surface area contributed by atoms with Crippen molar-refractivity contribution in [2.45, 2.75) is 52.2 Å². The second kappa shape index (κ2) is 9.73. The highest BCUT2D eigenvalue weighted by molar-refractivity contribution is 5.85. The van der Waals surface area contributed by atoms with E-state index in [1.165, 1.54) is 12.8 Å². The second-order valence-electron chi connectivity index (χ2n) is 8.95. The topological polar surface area (TPSA) is 56.2 Å². The minimum Gasteiger partial charge on any atom is -0.395 e. The van der Waals surface area contributed by atoms with Gasteiger partial charge in [0.25, 0.3) is 0 Å². The van der Waals surface area contributed by atoms with Crippen LogP contribution in [0.2, 0.25) is 0 Å². The van der Waals surface area contributed by atoms with Gasteiger partial charge in [-0.1, -0.05) is 20.8 Å². The van der Waals surface area contributed by atoms with Gasteiger partial charge in [0.2, 0.25) is 0 Å². The van der Waals surface area contributed by atoms with Crippen LogP contribution in [0.4, 0.5) is 0 Å². The summed E-state index contributed by atoms with van der Waals surface area (Å²) in [4.78, 5) is 4.59. The third kappa shape index (κ3) is 4.68. The van der Waals surface area contributed by atoms with Crippen LogP contribution in [-0.2, 0) is 4.74 Å². The van der Waals surface area contributed by atoms with Gasteiger partial charge in [-0.15, -0.1) is 24.8 Å². The fraction of sp³-hybridized carbons (Fsp3) is 1.00. The van der Waals surface area contributed by atoms with Gasteiger partial charge in [0.1, 0.15) is 0 Å². The van der Waals surface area contributed by atoms with Crippen LogP contribution in [0.25, 0.3) is 0 Å². The first-order valence-electron chi connectivity index (χ1n) is 9.72. The minimum absolute atomic E-state index is 0.